The molecule has 0 unspecified atom stereocenters. The highest BCUT2D eigenvalue weighted by Gasteiger charge is 2.26. The predicted molar refractivity (Wildman–Crippen MR) is 93.0 cm³/mol. The Morgan fingerprint density at radius 3 is 1.81 bits per heavy atom. The van der Waals surface area contributed by atoms with E-state index in [1.165, 1.54) is 12.1 Å². The SMILES string of the molecule is O=C1C=C(Cc2cc(S(=O)(=O)O)cc(S(=O)(=O)O)c2)C(=O)c2ccccc21. The van der Waals surface area contributed by atoms with E-state index < -0.39 is 41.6 Å². The first-order valence-corrected chi connectivity index (χ1v) is 10.3. The van der Waals surface area contributed by atoms with Crippen molar-refractivity contribution in [2.75, 3.05) is 0 Å². The number of ketones is 2. The average molecular weight is 408 g/mol. The first-order valence-electron chi connectivity index (χ1n) is 7.44. The standard InChI is InChI=1S/C17H12O8S2/c18-16-8-11(17(19)15-4-2-1-3-14(15)16)5-10-6-12(26(20,21)22)9-13(7-10)27(23,24)25/h1-4,6-9H,5H2,(H,20,21,22)(H,23,24,25). The molecule has 10 heteroatoms. The topological polar surface area (TPSA) is 143 Å². The van der Waals surface area contributed by atoms with Crippen LogP contribution in [0.15, 0.2) is 63.9 Å². The van der Waals surface area contributed by atoms with E-state index >= 15 is 0 Å². The van der Waals surface area contributed by atoms with Crippen LogP contribution in [0.25, 0.3) is 0 Å². The van der Waals surface area contributed by atoms with E-state index in [1.807, 2.05) is 0 Å². The molecule has 0 aliphatic heterocycles. The average Bonchev–Trinajstić information content (AvgIpc) is 2.58. The summed E-state index contributed by atoms with van der Waals surface area (Å²) in [6.45, 7) is 0. The Hall–Kier alpha value is -2.66. The third-order valence-corrected chi connectivity index (χ3v) is 5.63. The molecule has 0 radical (unpaired) electrons. The molecule has 27 heavy (non-hydrogen) atoms. The number of carbonyl (C=O) groups is 2. The maximum Gasteiger partial charge on any atom is 0.294 e. The molecule has 0 heterocycles. The highest BCUT2D eigenvalue weighted by molar-refractivity contribution is 7.86. The van der Waals surface area contributed by atoms with Gasteiger partial charge in [-0.2, -0.15) is 16.8 Å². The molecule has 2 aromatic carbocycles. The smallest absolute Gasteiger partial charge is 0.289 e. The lowest BCUT2D eigenvalue weighted by Gasteiger charge is -2.15. The summed E-state index contributed by atoms with van der Waals surface area (Å²) >= 11 is 0. The van der Waals surface area contributed by atoms with Crippen molar-refractivity contribution in [1.82, 2.24) is 0 Å². The van der Waals surface area contributed by atoms with E-state index in [4.69, 9.17) is 0 Å². The van der Waals surface area contributed by atoms with Gasteiger partial charge in [0, 0.05) is 23.1 Å². The van der Waals surface area contributed by atoms with Crippen LogP contribution in [0.5, 0.6) is 0 Å². The van der Waals surface area contributed by atoms with Crippen molar-refractivity contribution in [3.63, 3.8) is 0 Å². The summed E-state index contributed by atoms with van der Waals surface area (Å²) in [5, 5.41) is 0. The lowest BCUT2D eigenvalue weighted by molar-refractivity contribution is 0.0982. The van der Waals surface area contributed by atoms with Crippen LogP contribution in [-0.4, -0.2) is 37.5 Å². The molecule has 0 bridgehead atoms. The maximum absolute atomic E-state index is 12.6. The van der Waals surface area contributed by atoms with Gasteiger partial charge in [-0.25, -0.2) is 0 Å². The van der Waals surface area contributed by atoms with Crippen molar-refractivity contribution in [1.29, 1.82) is 0 Å². The molecule has 2 aromatic rings. The third-order valence-electron chi connectivity index (χ3n) is 3.96. The number of carbonyl (C=O) groups excluding carboxylic acids is 2. The molecule has 140 valence electrons. The van der Waals surface area contributed by atoms with Gasteiger partial charge in [0.05, 0.1) is 9.79 Å². The second-order valence-electron chi connectivity index (χ2n) is 5.85. The molecule has 0 aromatic heterocycles. The number of hydrogen-bond donors (Lipinski definition) is 2. The van der Waals surface area contributed by atoms with E-state index in [0.29, 0.717) is 6.07 Å². The van der Waals surface area contributed by atoms with E-state index in [-0.39, 0.29) is 28.7 Å². The van der Waals surface area contributed by atoms with E-state index in [9.17, 15) is 35.5 Å². The van der Waals surface area contributed by atoms with Gasteiger partial charge in [0.15, 0.2) is 11.6 Å². The van der Waals surface area contributed by atoms with Crippen LogP contribution < -0.4 is 0 Å². The van der Waals surface area contributed by atoms with Crippen molar-refractivity contribution in [3.8, 4) is 0 Å². The minimum absolute atomic E-state index is 0.00420. The highest BCUT2D eigenvalue weighted by atomic mass is 32.2. The minimum atomic E-state index is -4.77. The number of hydrogen-bond acceptors (Lipinski definition) is 6. The summed E-state index contributed by atoms with van der Waals surface area (Å²) in [6.07, 6.45) is 0.822. The predicted octanol–water partition coefficient (Wildman–Crippen LogP) is 1.73. The molecule has 0 atom stereocenters. The summed E-state index contributed by atoms with van der Waals surface area (Å²) in [5.41, 5.74) is 0.439. The third kappa shape index (κ3) is 3.88. The van der Waals surface area contributed by atoms with E-state index in [2.05, 4.69) is 0 Å². The van der Waals surface area contributed by atoms with Gasteiger partial charge >= 0.3 is 0 Å². The van der Waals surface area contributed by atoms with Crippen molar-refractivity contribution in [3.05, 3.63) is 70.8 Å². The van der Waals surface area contributed by atoms with Crippen LogP contribution in [0.1, 0.15) is 26.3 Å². The zero-order chi connectivity index (χ0) is 20.0. The van der Waals surface area contributed by atoms with Crippen molar-refractivity contribution < 1.29 is 35.5 Å². The van der Waals surface area contributed by atoms with E-state index in [1.54, 1.807) is 12.1 Å². The van der Waals surface area contributed by atoms with Crippen LogP contribution in [0, 0.1) is 0 Å². The molecule has 8 nitrogen and oxygen atoms in total. The first-order chi connectivity index (χ1) is 12.5. The van der Waals surface area contributed by atoms with Gasteiger partial charge in [-0.1, -0.05) is 24.3 Å². The van der Waals surface area contributed by atoms with Crippen molar-refractivity contribution >= 4 is 31.8 Å². The monoisotopic (exact) mass is 408 g/mol. The normalized spacial score (nSPS) is 14.7. The number of Topliss-reactive ketones (excluding diaryl/α,β-unsaturated/α-hetero) is 1. The molecule has 0 fully saturated rings. The fourth-order valence-electron chi connectivity index (χ4n) is 2.75. The summed E-state index contributed by atoms with van der Waals surface area (Å²) in [7, 11) is -9.54. The Morgan fingerprint density at radius 2 is 1.30 bits per heavy atom. The Balaban J connectivity index is 2.09. The summed E-state index contributed by atoms with van der Waals surface area (Å²) < 4.78 is 63.9. The maximum atomic E-state index is 12.6. The summed E-state index contributed by atoms with van der Waals surface area (Å²) in [4.78, 5) is 23.2. The van der Waals surface area contributed by atoms with E-state index in [0.717, 1.165) is 18.2 Å². The Kier molecular flexibility index (Phi) is 4.60. The summed E-state index contributed by atoms with van der Waals surface area (Å²) in [6, 6.07) is 8.68. The summed E-state index contributed by atoms with van der Waals surface area (Å²) in [5.74, 6) is -0.878. The Labute approximate surface area is 154 Å². The number of allylic oxidation sites excluding steroid dienone is 2. The quantitative estimate of drug-likeness (QED) is 0.728. The molecular weight excluding hydrogens is 396 g/mol. The molecule has 2 N–H and O–H groups in total. The second kappa shape index (κ2) is 6.50. The van der Waals surface area contributed by atoms with Gasteiger partial charge in [-0.05, 0) is 29.8 Å². The zero-order valence-electron chi connectivity index (χ0n) is 13.5. The largest absolute Gasteiger partial charge is 0.294 e. The van der Waals surface area contributed by atoms with Gasteiger partial charge in [0.2, 0.25) is 0 Å². The van der Waals surface area contributed by atoms with Crippen LogP contribution in [0.3, 0.4) is 0 Å². The number of benzene rings is 2. The van der Waals surface area contributed by atoms with Gasteiger partial charge in [0.25, 0.3) is 20.2 Å². The van der Waals surface area contributed by atoms with Gasteiger partial charge in [-0.3, -0.25) is 18.7 Å². The van der Waals surface area contributed by atoms with Crippen molar-refractivity contribution in [2.24, 2.45) is 0 Å². The van der Waals surface area contributed by atoms with Crippen LogP contribution in [-0.2, 0) is 26.7 Å². The van der Waals surface area contributed by atoms with Gasteiger partial charge < -0.3 is 0 Å². The zero-order valence-corrected chi connectivity index (χ0v) is 15.1. The number of rotatable bonds is 4. The second-order valence-corrected chi connectivity index (χ2v) is 8.69. The lowest BCUT2D eigenvalue weighted by atomic mass is 9.87. The van der Waals surface area contributed by atoms with Crippen LogP contribution >= 0.6 is 0 Å². The molecule has 1 aliphatic rings. The Bertz CT molecular complexity index is 1170. The first kappa shape index (κ1) is 19.1. The fourth-order valence-corrected chi connectivity index (χ4v) is 3.98. The number of fused-ring (bicyclic) bond motifs is 1. The molecule has 0 spiro atoms. The lowest BCUT2D eigenvalue weighted by Crippen LogP contribution is -2.18. The minimum Gasteiger partial charge on any atom is -0.289 e. The molecule has 0 saturated heterocycles. The molecule has 0 amide bonds. The van der Waals surface area contributed by atoms with Gasteiger partial charge in [-0.15, -0.1) is 0 Å². The van der Waals surface area contributed by atoms with Crippen LogP contribution in [0.2, 0.25) is 0 Å². The van der Waals surface area contributed by atoms with Gasteiger partial charge in [0.1, 0.15) is 0 Å². The molecule has 1 aliphatic carbocycles. The van der Waals surface area contributed by atoms with Crippen molar-refractivity contribution in [2.45, 2.75) is 16.2 Å². The Morgan fingerprint density at radius 1 is 0.778 bits per heavy atom. The fraction of sp³-hybridized carbons (Fsp3) is 0.0588. The molecule has 3 rings (SSSR count). The molecule has 0 saturated carbocycles. The van der Waals surface area contributed by atoms with Crippen LogP contribution in [0.4, 0.5) is 0 Å². The molecular formula is C17H12O8S2. The highest BCUT2D eigenvalue weighted by Crippen LogP contribution is 2.26.